The van der Waals surface area contributed by atoms with Crippen LogP contribution < -0.4 is 5.32 Å². The molecule has 0 aliphatic heterocycles. The highest BCUT2D eigenvalue weighted by Gasteiger charge is 2.30. The van der Waals surface area contributed by atoms with Gasteiger partial charge in [0.1, 0.15) is 29.2 Å². The number of aliphatic carboxylic acids is 1. The lowest BCUT2D eigenvalue weighted by molar-refractivity contribution is -0.140. The average molecular weight is 488 g/mol. The second kappa shape index (κ2) is 10.2. The number of alkyl carbamates (subject to hydrolysis) is 1. The molecule has 2 unspecified atom stereocenters. The molecule has 2 atom stereocenters. The number of nitrogens with one attached hydrogen (secondary N) is 1. The number of rotatable bonds is 7. The molecule has 0 radical (unpaired) electrons. The van der Waals surface area contributed by atoms with Crippen LogP contribution in [0.3, 0.4) is 0 Å². The minimum absolute atomic E-state index is 0.500. The summed E-state index contributed by atoms with van der Waals surface area (Å²) in [5.74, 6) is -1.64. The molecule has 0 fully saturated rings. The highest BCUT2D eigenvalue weighted by molar-refractivity contribution is 5.87. The van der Waals surface area contributed by atoms with Gasteiger partial charge in [-0.05, 0) is 31.9 Å². The standard InChI is InChI=1S/C27H29N5O4/c1-17(21(25(33)34)31-26(35)36-27(2,3)4)19-10-12-20(13-11-19)22-23-24(29-15-28-22)32(16-30-23)14-18-8-6-5-7-9-18/h5-13,15-17,21H,14H2,1-4H3,(H,31,35)(H,33,34). The molecule has 2 aromatic heterocycles. The number of carbonyl (C=O) groups excluding carboxylic acids is 1. The first-order valence-corrected chi connectivity index (χ1v) is 11.6. The summed E-state index contributed by atoms with van der Waals surface area (Å²) in [7, 11) is 0. The van der Waals surface area contributed by atoms with Gasteiger partial charge in [-0.2, -0.15) is 0 Å². The van der Waals surface area contributed by atoms with E-state index in [9.17, 15) is 14.7 Å². The fraction of sp³-hybridized carbons (Fsp3) is 0.296. The highest BCUT2D eigenvalue weighted by Crippen LogP contribution is 2.27. The summed E-state index contributed by atoms with van der Waals surface area (Å²) >= 11 is 0. The van der Waals surface area contributed by atoms with Crippen molar-refractivity contribution in [1.82, 2.24) is 24.8 Å². The van der Waals surface area contributed by atoms with E-state index in [1.165, 1.54) is 6.33 Å². The summed E-state index contributed by atoms with van der Waals surface area (Å²) in [5, 5.41) is 12.2. The van der Waals surface area contributed by atoms with Gasteiger partial charge in [-0.1, -0.05) is 61.5 Å². The number of nitrogens with zero attached hydrogens (tertiary/aromatic N) is 4. The molecule has 186 valence electrons. The summed E-state index contributed by atoms with van der Waals surface area (Å²) in [6.07, 6.45) is 2.50. The Morgan fingerprint density at radius 3 is 2.36 bits per heavy atom. The van der Waals surface area contributed by atoms with Crippen LogP contribution in [-0.2, 0) is 16.1 Å². The van der Waals surface area contributed by atoms with Crippen LogP contribution in [0.2, 0.25) is 0 Å². The topological polar surface area (TPSA) is 119 Å². The first kappa shape index (κ1) is 24.8. The Hall–Kier alpha value is -4.27. The molecule has 0 spiro atoms. The average Bonchev–Trinajstić information content (AvgIpc) is 3.24. The highest BCUT2D eigenvalue weighted by atomic mass is 16.6. The maximum absolute atomic E-state index is 12.2. The van der Waals surface area contributed by atoms with E-state index in [1.807, 2.05) is 47.0 Å². The van der Waals surface area contributed by atoms with Crippen LogP contribution in [0.1, 0.15) is 44.7 Å². The molecule has 2 aromatic carbocycles. The van der Waals surface area contributed by atoms with E-state index in [-0.39, 0.29) is 0 Å². The molecule has 0 aliphatic rings. The number of carboxylic acid groups (broad SMARTS) is 1. The van der Waals surface area contributed by atoms with E-state index >= 15 is 0 Å². The van der Waals surface area contributed by atoms with Gasteiger partial charge in [-0.25, -0.2) is 24.5 Å². The number of fused-ring (bicyclic) bond motifs is 1. The van der Waals surface area contributed by atoms with Crippen LogP contribution in [-0.4, -0.2) is 48.3 Å². The molecule has 0 aliphatic carbocycles. The third-order valence-electron chi connectivity index (χ3n) is 5.75. The summed E-state index contributed by atoms with van der Waals surface area (Å²) in [4.78, 5) is 37.5. The summed E-state index contributed by atoms with van der Waals surface area (Å²) in [5.41, 5.74) is 4.10. The van der Waals surface area contributed by atoms with Crippen molar-refractivity contribution in [2.24, 2.45) is 0 Å². The van der Waals surface area contributed by atoms with Crippen molar-refractivity contribution >= 4 is 23.2 Å². The van der Waals surface area contributed by atoms with Crippen molar-refractivity contribution < 1.29 is 19.4 Å². The quantitative estimate of drug-likeness (QED) is 0.390. The fourth-order valence-corrected chi connectivity index (χ4v) is 3.96. The second-order valence-electron chi connectivity index (χ2n) is 9.63. The maximum Gasteiger partial charge on any atom is 0.408 e. The van der Waals surface area contributed by atoms with Gasteiger partial charge >= 0.3 is 12.1 Å². The van der Waals surface area contributed by atoms with Gasteiger partial charge in [0.25, 0.3) is 0 Å². The summed E-state index contributed by atoms with van der Waals surface area (Å²) in [6, 6.07) is 16.3. The number of carboxylic acids is 1. The van der Waals surface area contributed by atoms with Crippen molar-refractivity contribution in [2.75, 3.05) is 0 Å². The Balaban J connectivity index is 1.56. The van der Waals surface area contributed by atoms with Crippen molar-refractivity contribution in [2.45, 2.75) is 51.8 Å². The Labute approximate surface area is 209 Å². The Morgan fingerprint density at radius 1 is 1.03 bits per heavy atom. The van der Waals surface area contributed by atoms with Crippen LogP contribution in [0, 0.1) is 0 Å². The van der Waals surface area contributed by atoms with Gasteiger partial charge in [0.05, 0.1) is 12.9 Å². The monoisotopic (exact) mass is 487 g/mol. The SMILES string of the molecule is CC(c1ccc(-c2ncnc3c2ncn3Cc2ccccc2)cc1)C(NC(=O)OC(C)(C)C)C(=O)O. The van der Waals surface area contributed by atoms with Gasteiger partial charge in [-0.3, -0.25) is 0 Å². The largest absolute Gasteiger partial charge is 0.480 e. The van der Waals surface area contributed by atoms with Crippen LogP contribution in [0.5, 0.6) is 0 Å². The molecule has 4 aromatic rings. The predicted octanol–water partition coefficient (Wildman–Crippen LogP) is 4.62. The molecule has 2 N–H and O–H groups in total. The maximum atomic E-state index is 12.2. The molecule has 2 heterocycles. The van der Waals surface area contributed by atoms with Crippen molar-refractivity contribution in [1.29, 1.82) is 0 Å². The molecule has 9 nitrogen and oxygen atoms in total. The lowest BCUT2D eigenvalue weighted by Gasteiger charge is -2.25. The number of amides is 1. The fourth-order valence-electron chi connectivity index (χ4n) is 3.96. The molecule has 4 rings (SSSR count). The minimum Gasteiger partial charge on any atom is -0.480 e. The van der Waals surface area contributed by atoms with Gasteiger partial charge < -0.3 is 19.7 Å². The normalized spacial score (nSPS) is 13.2. The van der Waals surface area contributed by atoms with E-state index in [4.69, 9.17) is 4.74 Å². The van der Waals surface area contributed by atoms with E-state index < -0.39 is 29.6 Å². The number of benzene rings is 2. The molecule has 0 saturated carbocycles. The van der Waals surface area contributed by atoms with Gasteiger partial charge in [0.2, 0.25) is 0 Å². The number of ether oxygens (including phenoxy) is 1. The molecular formula is C27H29N5O4. The number of aromatic nitrogens is 4. The van der Waals surface area contributed by atoms with Gasteiger partial charge in [0, 0.05) is 11.5 Å². The van der Waals surface area contributed by atoms with Crippen molar-refractivity contribution in [3.8, 4) is 11.3 Å². The molecule has 0 bridgehead atoms. The number of hydrogen-bond acceptors (Lipinski definition) is 6. The Morgan fingerprint density at radius 2 is 1.72 bits per heavy atom. The zero-order valence-corrected chi connectivity index (χ0v) is 20.7. The minimum atomic E-state index is -1.15. The number of imidazole rings is 1. The van der Waals surface area contributed by atoms with Gasteiger partial charge in [0.15, 0.2) is 5.65 Å². The first-order valence-electron chi connectivity index (χ1n) is 11.6. The Kier molecular flexibility index (Phi) is 7.00. The van der Waals surface area contributed by atoms with E-state index in [0.29, 0.717) is 17.8 Å². The lowest BCUT2D eigenvalue weighted by atomic mass is 9.92. The Bertz CT molecular complexity index is 1360. The van der Waals surface area contributed by atoms with Crippen molar-refractivity contribution in [3.05, 3.63) is 78.4 Å². The van der Waals surface area contributed by atoms with Crippen LogP contribution in [0.4, 0.5) is 4.79 Å². The number of carbonyl (C=O) groups is 2. The molecule has 0 saturated heterocycles. The van der Waals surface area contributed by atoms with Crippen LogP contribution >= 0.6 is 0 Å². The smallest absolute Gasteiger partial charge is 0.408 e. The predicted molar refractivity (Wildman–Crippen MR) is 136 cm³/mol. The molecule has 9 heteroatoms. The van der Waals surface area contributed by atoms with Crippen LogP contribution in [0.25, 0.3) is 22.4 Å². The third-order valence-corrected chi connectivity index (χ3v) is 5.75. The summed E-state index contributed by atoms with van der Waals surface area (Å²) < 4.78 is 7.20. The van der Waals surface area contributed by atoms with E-state index in [0.717, 1.165) is 22.3 Å². The van der Waals surface area contributed by atoms with E-state index in [2.05, 4.69) is 32.4 Å². The van der Waals surface area contributed by atoms with E-state index in [1.54, 1.807) is 34.0 Å². The van der Waals surface area contributed by atoms with Gasteiger partial charge in [-0.15, -0.1) is 0 Å². The first-order chi connectivity index (χ1) is 17.1. The van der Waals surface area contributed by atoms with Crippen LogP contribution in [0.15, 0.2) is 67.3 Å². The zero-order chi connectivity index (χ0) is 25.9. The molecule has 1 amide bonds. The lowest BCUT2D eigenvalue weighted by Crippen LogP contribution is -2.46. The number of hydrogen-bond donors (Lipinski definition) is 2. The van der Waals surface area contributed by atoms with Crippen molar-refractivity contribution in [3.63, 3.8) is 0 Å². The zero-order valence-electron chi connectivity index (χ0n) is 20.7. The summed E-state index contributed by atoms with van der Waals surface area (Å²) in [6.45, 7) is 7.56. The third kappa shape index (κ3) is 5.68. The molecule has 36 heavy (non-hydrogen) atoms. The second-order valence-corrected chi connectivity index (χ2v) is 9.63. The molecular weight excluding hydrogens is 458 g/mol.